The van der Waals surface area contributed by atoms with Gasteiger partial charge < -0.3 is 10.1 Å². The number of ether oxygens (including phenoxy) is 1. The second kappa shape index (κ2) is 7.81. The summed E-state index contributed by atoms with van der Waals surface area (Å²) < 4.78 is 5.02. The molecule has 6 rings (SSSR count). The van der Waals surface area contributed by atoms with Crippen LogP contribution in [0, 0.1) is 27.9 Å². The Labute approximate surface area is 183 Å². The Morgan fingerprint density at radius 1 is 1.29 bits per heavy atom. The van der Waals surface area contributed by atoms with Gasteiger partial charge >= 0.3 is 0 Å². The first-order chi connectivity index (χ1) is 14.9. The van der Waals surface area contributed by atoms with E-state index in [1.807, 2.05) is 0 Å². The fraction of sp³-hybridized carbons (Fsp3) is 0.571. The highest BCUT2D eigenvalue weighted by Gasteiger charge is 2.53. The van der Waals surface area contributed by atoms with Crippen molar-refractivity contribution < 1.29 is 14.5 Å². The number of hydrogen-bond donors (Lipinski definition) is 2. The Bertz CT molecular complexity index is 988. The number of nitro benzene ring substituents is 1. The van der Waals surface area contributed by atoms with Crippen LogP contribution in [0.1, 0.15) is 44.3 Å². The number of H-pyrrole nitrogens is 1. The molecular formula is C21H25N5O4S. The van der Waals surface area contributed by atoms with E-state index in [1.54, 1.807) is 6.07 Å². The summed E-state index contributed by atoms with van der Waals surface area (Å²) in [6.07, 6.45) is 7.69. The molecule has 31 heavy (non-hydrogen) atoms. The van der Waals surface area contributed by atoms with Crippen molar-refractivity contribution in [3.05, 3.63) is 34.1 Å². The molecule has 1 aromatic carbocycles. The maximum Gasteiger partial charge on any atom is 0.296 e. The smallest absolute Gasteiger partial charge is 0.296 e. The van der Waals surface area contributed by atoms with Crippen LogP contribution in [0.4, 0.5) is 11.4 Å². The van der Waals surface area contributed by atoms with Crippen LogP contribution in [0.3, 0.4) is 0 Å². The number of hydrogen-bond acceptors (Lipinski definition) is 7. The Morgan fingerprint density at radius 3 is 2.58 bits per heavy atom. The van der Waals surface area contributed by atoms with E-state index >= 15 is 0 Å². The lowest BCUT2D eigenvalue weighted by atomic mass is 9.49. The van der Waals surface area contributed by atoms with E-state index in [4.69, 9.17) is 9.72 Å². The van der Waals surface area contributed by atoms with Gasteiger partial charge in [-0.05, 0) is 68.4 Å². The fourth-order valence-electron chi connectivity index (χ4n) is 6.16. The number of carbonyl (C=O) groups excluding carboxylic acids is 1. The Morgan fingerprint density at radius 2 is 1.97 bits per heavy atom. The molecule has 0 radical (unpaired) electrons. The van der Waals surface area contributed by atoms with Crippen molar-refractivity contribution in [1.29, 1.82) is 0 Å². The van der Waals surface area contributed by atoms with E-state index in [2.05, 4.69) is 15.5 Å². The number of anilines is 1. The van der Waals surface area contributed by atoms with Crippen LogP contribution in [-0.4, -0.2) is 38.9 Å². The van der Waals surface area contributed by atoms with Crippen LogP contribution < -0.4 is 10.1 Å². The molecule has 10 heteroatoms. The van der Waals surface area contributed by atoms with Gasteiger partial charge in [0.1, 0.15) is 17.3 Å². The predicted molar refractivity (Wildman–Crippen MR) is 115 cm³/mol. The molecule has 0 saturated heterocycles. The van der Waals surface area contributed by atoms with E-state index < -0.39 is 4.92 Å². The zero-order valence-corrected chi connectivity index (χ0v) is 18.1. The second-order valence-corrected chi connectivity index (χ2v) is 10.1. The van der Waals surface area contributed by atoms with Crippen LogP contribution in [0.5, 0.6) is 5.75 Å². The fourth-order valence-corrected chi connectivity index (χ4v) is 6.76. The highest BCUT2D eigenvalue weighted by Crippen LogP contribution is 2.60. The van der Waals surface area contributed by atoms with Crippen LogP contribution in [0.2, 0.25) is 0 Å². The molecule has 1 aromatic heterocycles. The number of thioether (sulfide) groups is 1. The number of aromatic amines is 1. The second-order valence-electron chi connectivity index (χ2n) is 9.14. The molecule has 9 nitrogen and oxygen atoms in total. The number of aromatic nitrogens is 3. The Hall–Kier alpha value is -2.62. The third-order valence-electron chi connectivity index (χ3n) is 7.01. The summed E-state index contributed by atoms with van der Waals surface area (Å²) in [6.45, 7) is 0. The molecule has 1 amide bonds. The van der Waals surface area contributed by atoms with Crippen molar-refractivity contribution in [2.24, 2.45) is 17.8 Å². The van der Waals surface area contributed by atoms with Gasteiger partial charge in [-0.25, -0.2) is 4.98 Å². The number of nitrogens with one attached hydrogen (secondary N) is 2. The van der Waals surface area contributed by atoms with E-state index in [0.29, 0.717) is 10.9 Å². The van der Waals surface area contributed by atoms with E-state index in [0.717, 1.165) is 23.6 Å². The predicted octanol–water partition coefficient (Wildman–Crippen LogP) is 3.92. The van der Waals surface area contributed by atoms with Gasteiger partial charge in [0.05, 0.1) is 23.9 Å². The van der Waals surface area contributed by atoms with Gasteiger partial charge in [-0.15, -0.1) is 5.10 Å². The van der Waals surface area contributed by atoms with Crippen molar-refractivity contribution >= 4 is 29.0 Å². The largest absolute Gasteiger partial charge is 0.496 e. The molecule has 4 fully saturated rings. The van der Waals surface area contributed by atoms with E-state index in [1.165, 1.54) is 69.5 Å². The van der Waals surface area contributed by atoms with Crippen molar-refractivity contribution in [2.75, 3.05) is 18.2 Å². The average molecular weight is 444 g/mol. The molecule has 4 aliphatic carbocycles. The lowest BCUT2D eigenvalue weighted by Crippen LogP contribution is -2.49. The van der Waals surface area contributed by atoms with Gasteiger partial charge in [0.15, 0.2) is 0 Å². The highest BCUT2D eigenvalue weighted by atomic mass is 32.2. The summed E-state index contributed by atoms with van der Waals surface area (Å²) in [4.78, 5) is 27.9. The lowest BCUT2D eigenvalue weighted by Gasteiger charge is -2.55. The van der Waals surface area contributed by atoms with Crippen molar-refractivity contribution in [3.8, 4) is 5.75 Å². The molecule has 0 atom stereocenters. The molecule has 2 N–H and O–H groups in total. The lowest BCUT2D eigenvalue weighted by molar-refractivity contribution is -0.384. The normalized spacial score (nSPS) is 28.5. The SMILES string of the molecule is COc1ccc(NC(=O)CSc2n[nH]c(C34CC5CC(CC(C5)C3)C4)n2)c([N+](=O)[O-])c1. The van der Waals surface area contributed by atoms with Gasteiger partial charge in [0.25, 0.3) is 5.69 Å². The topological polar surface area (TPSA) is 123 Å². The molecule has 1 heterocycles. The number of nitrogens with zero attached hydrogens (tertiary/aromatic N) is 3. The molecule has 0 aliphatic heterocycles. The maximum atomic E-state index is 12.4. The number of nitro groups is 1. The van der Waals surface area contributed by atoms with Crippen LogP contribution in [0.15, 0.2) is 23.4 Å². The molecule has 4 bridgehead atoms. The van der Waals surface area contributed by atoms with Gasteiger partial charge in [0.2, 0.25) is 11.1 Å². The third kappa shape index (κ3) is 3.88. The summed E-state index contributed by atoms with van der Waals surface area (Å²) in [5.74, 6) is 3.51. The van der Waals surface area contributed by atoms with Crippen LogP contribution >= 0.6 is 11.8 Å². The maximum absolute atomic E-state index is 12.4. The molecule has 164 valence electrons. The number of benzene rings is 1. The zero-order chi connectivity index (χ0) is 21.6. The summed E-state index contributed by atoms with van der Waals surface area (Å²) >= 11 is 1.23. The molecule has 0 spiro atoms. The standard InChI is InChI=1S/C21H25N5O4S/c1-30-15-2-3-16(17(7-15)26(28)29)22-18(27)11-31-20-23-19(24-25-20)21-8-12-4-13(9-21)6-14(5-12)10-21/h2-3,7,12-14H,4-6,8-11H2,1H3,(H,22,27)(H,23,24,25). The number of methoxy groups -OCH3 is 1. The molecular weight excluding hydrogens is 418 g/mol. The van der Waals surface area contributed by atoms with Crippen LogP contribution in [0.25, 0.3) is 0 Å². The monoisotopic (exact) mass is 443 g/mol. The van der Waals surface area contributed by atoms with Gasteiger partial charge in [-0.1, -0.05) is 11.8 Å². The van der Waals surface area contributed by atoms with Gasteiger partial charge in [0, 0.05) is 5.41 Å². The summed E-state index contributed by atoms with van der Waals surface area (Å²) in [6, 6.07) is 4.33. The summed E-state index contributed by atoms with van der Waals surface area (Å²) in [5.41, 5.74) is 0.0623. The van der Waals surface area contributed by atoms with Crippen molar-refractivity contribution in [2.45, 2.75) is 49.1 Å². The van der Waals surface area contributed by atoms with Crippen molar-refractivity contribution in [1.82, 2.24) is 15.2 Å². The highest BCUT2D eigenvalue weighted by molar-refractivity contribution is 7.99. The first kappa shape index (κ1) is 20.3. The third-order valence-corrected chi connectivity index (χ3v) is 7.86. The number of rotatable bonds is 7. The minimum Gasteiger partial charge on any atom is -0.496 e. The van der Waals surface area contributed by atoms with Crippen molar-refractivity contribution in [3.63, 3.8) is 0 Å². The Kier molecular flexibility index (Phi) is 5.11. The number of amides is 1. The van der Waals surface area contributed by atoms with Crippen LogP contribution in [-0.2, 0) is 10.2 Å². The minimum absolute atomic E-state index is 0.0708. The van der Waals surface area contributed by atoms with E-state index in [-0.39, 0.29) is 28.4 Å². The van der Waals surface area contributed by atoms with Gasteiger partial charge in [-0.3, -0.25) is 20.0 Å². The molecule has 0 unspecified atom stereocenters. The van der Waals surface area contributed by atoms with E-state index in [9.17, 15) is 14.9 Å². The average Bonchev–Trinajstić information content (AvgIpc) is 3.21. The first-order valence-electron chi connectivity index (χ1n) is 10.6. The Balaban J connectivity index is 1.22. The molecule has 2 aromatic rings. The molecule has 4 aliphatic rings. The summed E-state index contributed by atoms with van der Waals surface area (Å²) in [7, 11) is 1.43. The van der Waals surface area contributed by atoms with Gasteiger partial charge in [-0.2, -0.15) is 0 Å². The summed E-state index contributed by atoms with van der Waals surface area (Å²) in [5, 5.41) is 21.9. The quantitative estimate of drug-likeness (QED) is 0.378. The first-order valence-corrected chi connectivity index (χ1v) is 11.6. The zero-order valence-electron chi connectivity index (χ0n) is 17.3. The molecule has 4 saturated carbocycles. The minimum atomic E-state index is -0.543. The number of carbonyl (C=O) groups is 1.